The highest BCUT2D eigenvalue weighted by Gasteiger charge is 2.15. The molecule has 6 heteroatoms. The monoisotopic (exact) mass is 362 g/mol. The summed E-state index contributed by atoms with van der Waals surface area (Å²) >= 11 is 0. The first-order valence-corrected chi connectivity index (χ1v) is 10.3. The lowest BCUT2D eigenvalue weighted by Crippen LogP contribution is -2.39. The Morgan fingerprint density at radius 3 is 2.54 bits per heavy atom. The van der Waals surface area contributed by atoms with Crippen molar-refractivity contribution >= 4 is 5.96 Å². The van der Waals surface area contributed by atoms with Gasteiger partial charge in [-0.1, -0.05) is 20.8 Å². The van der Waals surface area contributed by atoms with E-state index in [1.54, 1.807) is 0 Å². The van der Waals surface area contributed by atoms with Crippen LogP contribution in [0, 0.1) is 5.92 Å². The van der Waals surface area contributed by atoms with Crippen molar-refractivity contribution in [3.05, 3.63) is 17.0 Å². The van der Waals surface area contributed by atoms with E-state index < -0.39 is 0 Å². The first-order valence-electron chi connectivity index (χ1n) is 10.3. The predicted octanol–water partition coefficient (Wildman–Crippen LogP) is 2.33. The van der Waals surface area contributed by atoms with E-state index in [1.807, 2.05) is 18.8 Å². The third-order valence-electron chi connectivity index (χ3n) is 5.50. The standard InChI is InChI=1S/C20H38N6/c1-6-18-17(19(7-2)25(5)24-18)15-23-20(21-4)22-11-8-12-26-13-9-16(3)10-14-26/h16H,6-15H2,1-5H3,(H2,21,22,23). The molecule has 0 saturated carbocycles. The number of rotatable bonds is 8. The van der Waals surface area contributed by atoms with Crippen LogP contribution in [0.15, 0.2) is 4.99 Å². The zero-order valence-corrected chi connectivity index (χ0v) is 17.4. The number of hydrogen-bond donors (Lipinski definition) is 2. The molecule has 1 aliphatic rings. The van der Waals surface area contributed by atoms with Crippen molar-refractivity contribution in [3.8, 4) is 0 Å². The summed E-state index contributed by atoms with van der Waals surface area (Å²) in [5.74, 6) is 1.78. The van der Waals surface area contributed by atoms with Gasteiger partial charge in [0.2, 0.25) is 0 Å². The summed E-state index contributed by atoms with van der Waals surface area (Å²) < 4.78 is 2.02. The van der Waals surface area contributed by atoms with Gasteiger partial charge < -0.3 is 15.5 Å². The summed E-state index contributed by atoms with van der Waals surface area (Å²) in [5.41, 5.74) is 3.82. The molecular formula is C20H38N6. The zero-order valence-electron chi connectivity index (χ0n) is 17.4. The molecule has 1 aromatic rings. The Hall–Kier alpha value is -1.56. The predicted molar refractivity (Wildman–Crippen MR) is 110 cm³/mol. The Balaban J connectivity index is 1.74. The maximum Gasteiger partial charge on any atom is 0.191 e. The van der Waals surface area contributed by atoms with Crippen molar-refractivity contribution in [1.29, 1.82) is 0 Å². The Labute approximate surface area is 159 Å². The summed E-state index contributed by atoms with van der Waals surface area (Å²) in [5, 5.41) is 11.6. The molecule has 6 nitrogen and oxygen atoms in total. The summed E-state index contributed by atoms with van der Waals surface area (Å²) in [6.07, 6.45) is 5.82. The van der Waals surface area contributed by atoms with Crippen molar-refractivity contribution in [2.24, 2.45) is 18.0 Å². The van der Waals surface area contributed by atoms with Crippen LogP contribution in [0.5, 0.6) is 0 Å². The van der Waals surface area contributed by atoms with Gasteiger partial charge in [-0.3, -0.25) is 9.67 Å². The number of nitrogens with zero attached hydrogens (tertiary/aromatic N) is 4. The third-order valence-corrected chi connectivity index (χ3v) is 5.50. The fraction of sp³-hybridized carbons (Fsp3) is 0.800. The summed E-state index contributed by atoms with van der Waals surface area (Å²) in [6, 6.07) is 0. The Morgan fingerprint density at radius 1 is 1.19 bits per heavy atom. The Bertz CT molecular complexity index is 569. The van der Waals surface area contributed by atoms with Crippen LogP contribution in [0.4, 0.5) is 0 Å². The second-order valence-electron chi connectivity index (χ2n) is 7.43. The summed E-state index contributed by atoms with van der Waals surface area (Å²) in [6.45, 7) is 12.2. The van der Waals surface area contributed by atoms with Crippen LogP contribution >= 0.6 is 0 Å². The quantitative estimate of drug-likeness (QED) is 0.423. The van der Waals surface area contributed by atoms with E-state index in [-0.39, 0.29) is 0 Å². The smallest absolute Gasteiger partial charge is 0.191 e. The van der Waals surface area contributed by atoms with Gasteiger partial charge in [0, 0.05) is 38.4 Å². The topological polar surface area (TPSA) is 57.5 Å². The highest BCUT2D eigenvalue weighted by Crippen LogP contribution is 2.16. The molecule has 1 fully saturated rings. The van der Waals surface area contributed by atoms with Crippen molar-refractivity contribution in [2.45, 2.75) is 59.4 Å². The van der Waals surface area contributed by atoms with E-state index in [4.69, 9.17) is 0 Å². The lowest BCUT2D eigenvalue weighted by Gasteiger charge is -2.30. The number of likely N-dealkylation sites (tertiary alicyclic amines) is 1. The molecule has 1 aromatic heterocycles. The minimum absolute atomic E-state index is 0.782. The molecule has 26 heavy (non-hydrogen) atoms. The van der Waals surface area contributed by atoms with E-state index in [0.717, 1.165) is 44.2 Å². The normalized spacial score (nSPS) is 16.9. The highest BCUT2D eigenvalue weighted by atomic mass is 15.3. The molecule has 0 unspecified atom stereocenters. The van der Waals surface area contributed by atoms with Crippen molar-refractivity contribution < 1.29 is 0 Å². The van der Waals surface area contributed by atoms with Crippen molar-refractivity contribution in [2.75, 3.05) is 33.2 Å². The Kier molecular flexibility index (Phi) is 8.42. The van der Waals surface area contributed by atoms with Gasteiger partial charge in [-0.2, -0.15) is 5.10 Å². The van der Waals surface area contributed by atoms with Gasteiger partial charge in [0.1, 0.15) is 0 Å². The van der Waals surface area contributed by atoms with Gasteiger partial charge in [0.25, 0.3) is 0 Å². The molecule has 0 aliphatic carbocycles. The molecule has 1 aliphatic heterocycles. The van der Waals surface area contributed by atoms with Crippen LogP contribution in [0.25, 0.3) is 0 Å². The fourth-order valence-electron chi connectivity index (χ4n) is 3.78. The molecule has 2 N–H and O–H groups in total. The number of guanidine groups is 1. The number of aromatic nitrogens is 2. The lowest BCUT2D eigenvalue weighted by molar-refractivity contribution is 0.191. The van der Waals surface area contributed by atoms with Gasteiger partial charge in [-0.05, 0) is 57.7 Å². The fourth-order valence-corrected chi connectivity index (χ4v) is 3.78. The van der Waals surface area contributed by atoms with Crippen LogP contribution in [0.2, 0.25) is 0 Å². The summed E-state index contributed by atoms with van der Waals surface area (Å²) in [7, 11) is 3.88. The third kappa shape index (κ3) is 5.73. The molecule has 0 bridgehead atoms. The van der Waals surface area contributed by atoms with Crippen LogP contribution in [0.3, 0.4) is 0 Å². The number of nitrogens with one attached hydrogen (secondary N) is 2. The molecule has 0 radical (unpaired) electrons. The van der Waals surface area contributed by atoms with Crippen LogP contribution in [-0.2, 0) is 26.4 Å². The van der Waals surface area contributed by atoms with Crippen LogP contribution in [0.1, 0.15) is 57.0 Å². The van der Waals surface area contributed by atoms with E-state index in [9.17, 15) is 0 Å². The molecule has 148 valence electrons. The number of piperidine rings is 1. The summed E-state index contributed by atoms with van der Waals surface area (Å²) in [4.78, 5) is 6.96. The number of hydrogen-bond acceptors (Lipinski definition) is 3. The molecule has 0 spiro atoms. The van der Waals surface area contributed by atoms with Crippen LogP contribution in [-0.4, -0.2) is 53.9 Å². The molecule has 0 atom stereocenters. The Morgan fingerprint density at radius 2 is 1.92 bits per heavy atom. The minimum atomic E-state index is 0.782. The van der Waals surface area contributed by atoms with Gasteiger partial charge in [0.05, 0.1) is 5.69 Å². The number of aryl methyl sites for hydroxylation is 2. The zero-order chi connectivity index (χ0) is 18.9. The lowest BCUT2D eigenvalue weighted by atomic mass is 9.99. The molecule has 1 saturated heterocycles. The first-order chi connectivity index (χ1) is 12.6. The van der Waals surface area contributed by atoms with Gasteiger partial charge in [0.15, 0.2) is 5.96 Å². The van der Waals surface area contributed by atoms with E-state index in [0.29, 0.717) is 0 Å². The average molecular weight is 363 g/mol. The van der Waals surface area contributed by atoms with Crippen molar-refractivity contribution in [3.63, 3.8) is 0 Å². The molecule has 0 amide bonds. The maximum atomic E-state index is 4.65. The first kappa shape index (κ1) is 20.7. The molecule has 2 heterocycles. The second kappa shape index (κ2) is 10.6. The molecule has 2 rings (SSSR count). The van der Waals surface area contributed by atoms with Gasteiger partial charge in [-0.15, -0.1) is 0 Å². The number of aliphatic imine (C=N–C) groups is 1. The molecule has 0 aromatic carbocycles. The second-order valence-corrected chi connectivity index (χ2v) is 7.43. The highest BCUT2D eigenvalue weighted by molar-refractivity contribution is 5.79. The largest absolute Gasteiger partial charge is 0.356 e. The van der Waals surface area contributed by atoms with Crippen molar-refractivity contribution in [1.82, 2.24) is 25.3 Å². The SMILES string of the molecule is CCc1nn(C)c(CC)c1CNC(=NC)NCCCN1CCC(C)CC1. The minimum Gasteiger partial charge on any atom is -0.356 e. The van der Waals surface area contributed by atoms with E-state index in [2.05, 4.69) is 46.4 Å². The van der Waals surface area contributed by atoms with Gasteiger partial charge >= 0.3 is 0 Å². The van der Waals surface area contributed by atoms with E-state index in [1.165, 1.54) is 49.4 Å². The van der Waals surface area contributed by atoms with Gasteiger partial charge in [-0.25, -0.2) is 0 Å². The average Bonchev–Trinajstić information content (AvgIpc) is 2.97. The van der Waals surface area contributed by atoms with Crippen LogP contribution < -0.4 is 10.6 Å². The molecular weight excluding hydrogens is 324 g/mol. The van der Waals surface area contributed by atoms with E-state index >= 15 is 0 Å². The maximum absolute atomic E-state index is 4.65.